The highest BCUT2D eigenvalue weighted by atomic mass is 16.8. The summed E-state index contributed by atoms with van der Waals surface area (Å²) in [5.74, 6) is 0.766. The van der Waals surface area contributed by atoms with Crippen LogP contribution >= 0.6 is 0 Å². The van der Waals surface area contributed by atoms with Crippen LogP contribution in [0.5, 0.6) is 5.75 Å². The second kappa shape index (κ2) is 9.15. The molecule has 0 amide bonds. The lowest BCUT2D eigenvalue weighted by molar-refractivity contribution is -0.130. The van der Waals surface area contributed by atoms with Gasteiger partial charge in [-0.1, -0.05) is 42.5 Å². The molecule has 2 aliphatic heterocycles. The lowest BCUT2D eigenvalue weighted by Crippen LogP contribution is -2.35. The Morgan fingerprint density at radius 3 is 2.37 bits per heavy atom. The molecule has 0 radical (unpaired) electrons. The van der Waals surface area contributed by atoms with Gasteiger partial charge in [0.15, 0.2) is 5.76 Å². The normalized spacial score (nSPS) is 17.1. The van der Waals surface area contributed by atoms with Crippen LogP contribution in [0, 0.1) is 0 Å². The predicted molar refractivity (Wildman–Crippen MR) is 109 cm³/mol. The Morgan fingerprint density at radius 1 is 0.933 bits per heavy atom. The van der Waals surface area contributed by atoms with Gasteiger partial charge in [-0.25, -0.2) is 0 Å². The number of Topliss-reactive ketones (excluding diaryl/α,β-unsaturated/α-hetero) is 1. The largest absolute Gasteiger partial charge is 0.486 e. The van der Waals surface area contributed by atoms with Gasteiger partial charge >= 0.3 is 0 Å². The van der Waals surface area contributed by atoms with E-state index in [4.69, 9.17) is 23.7 Å². The summed E-state index contributed by atoms with van der Waals surface area (Å²) < 4.78 is 29.2. The molecule has 156 valence electrons. The smallest absolute Gasteiger partial charge is 0.255 e. The van der Waals surface area contributed by atoms with E-state index in [9.17, 15) is 4.79 Å². The third-order valence-electron chi connectivity index (χ3n) is 4.72. The number of carbonyl (C=O) groups is 1. The highest BCUT2D eigenvalue weighted by Crippen LogP contribution is 2.35. The van der Waals surface area contributed by atoms with Crippen molar-refractivity contribution in [2.45, 2.75) is 25.7 Å². The first-order chi connectivity index (χ1) is 14.6. The monoisotopic (exact) mass is 408 g/mol. The molecule has 6 nitrogen and oxygen atoms in total. The van der Waals surface area contributed by atoms with E-state index in [-0.39, 0.29) is 12.4 Å². The van der Waals surface area contributed by atoms with Gasteiger partial charge < -0.3 is 23.7 Å². The first-order valence-electron chi connectivity index (χ1n) is 9.88. The van der Waals surface area contributed by atoms with Crippen molar-refractivity contribution in [3.63, 3.8) is 0 Å². The fraction of sp³-hybridized carbons (Fsp3) is 0.292. The van der Waals surface area contributed by atoms with E-state index < -0.39 is 5.79 Å². The van der Waals surface area contributed by atoms with E-state index in [0.29, 0.717) is 43.5 Å². The van der Waals surface area contributed by atoms with Crippen LogP contribution in [0.1, 0.15) is 18.1 Å². The van der Waals surface area contributed by atoms with Crippen LogP contribution in [0.4, 0.5) is 0 Å². The van der Waals surface area contributed by atoms with E-state index >= 15 is 0 Å². The molecule has 4 rings (SSSR count). The molecule has 0 aromatic heterocycles. The first kappa shape index (κ1) is 20.2. The van der Waals surface area contributed by atoms with Crippen LogP contribution in [0.15, 0.2) is 78.5 Å². The predicted octanol–water partition coefficient (Wildman–Crippen LogP) is 3.91. The van der Waals surface area contributed by atoms with Gasteiger partial charge in [-0.3, -0.25) is 4.79 Å². The lowest BCUT2D eigenvalue weighted by atomic mass is 10.1. The van der Waals surface area contributed by atoms with Crippen molar-refractivity contribution in [1.82, 2.24) is 0 Å². The average Bonchev–Trinajstić information content (AvgIpc) is 3.21. The molecule has 1 spiro atoms. The summed E-state index contributed by atoms with van der Waals surface area (Å²) in [5, 5.41) is 0. The Morgan fingerprint density at radius 2 is 1.67 bits per heavy atom. The standard InChI is InChI=1S/C24H24O6/c1-18(25)13-19-7-9-21(10-8-19)26-16-22-14-24(29-11-12-30-24)23(17-27-22)28-15-20-5-3-2-4-6-20/h2-10,14,17H,11-13,15-16H2,1H3. The summed E-state index contributed by atoms with van der Waals surface area (Å²) in [6.45, 7) is 3.11. The molecule has 6 heteroatoms. The fourth-order valence-electron chi connectivity index (χ4n) is 3.27. The highest BCUT2D eigenvalue weighted by Gasteiger charge is 2.44. The fourth-order valence-corrected chi connectivity index (χ4v) is 3.27. The molecule has 2 aromatic carbocycles. The summed E-state index contributed by atoms with van der Waals surface area (Å²) in [6.07, 6.45) is 3.69. The number of hydrogen-bond acceptors (Lipinski definition) is 6. The number of ether oxygens (including phenoxy) is 5. The number of ketones is 1. The van der Waals surface area contributed by atoms with Gasteiger partial charge in [0.2, 0.25) is 0 Å². The topological polar surface area (TPSA) is 63.2 Å². The van der Waals surface area contributed by atoms with Crippen LogP contribution in [-0.4, -0.2) is 31.4 Å². The van der Waals surface area contributed by atoms with Crippen LogP contribution in [-0.2, 0) is 36.8 Å². The van der Waals surface area contributed by atoms with Gasteiger partial charge in [-0.2, -0.15) is 0 Å². The van der Waals surface area contributed by atoms with Gasteiger partial charge in [-0.15, -0.1) is 0 Å². The van der Waals surface area contributed by atoms with Crippen molar-refractivity contribution in [2.24, 2.45) is 0 Å². The molecule has 30 heavy (non-hydrogen) atoms. The van der Waals surface area contributed by atoms with Gasteiger partial charge in [-0.05, 0) is 30.2 Å². The minimum Gasteiger partial charge on any atom is -0.486 e. The second-order valence-corrected chi connectivity index (χ2v) is 7.16. The molecule has 2 aliphatic rings. The maximum atomic E-state index is 11.2. The van der Waals surface area contributed by atoms with Crippen LogP contribution in [0.3, 0.4) is 0 Å². The molecule has 1 fully saturated rings. The number of carbonyl (C=O) groups excluding carboxylic acids is 1. The van der Waals surface area contributed by atoms with E-state index in [2.05, 4.69) is 0 Å². The Balaban J connectivity index is 1.38. The molecule has 0 unspecified atom stereocenters. The Hall–Kier alpha value is -3.09. The first-order valence-corrected chi connectivity index (χ1v) is 9.88. The molecule has 2 aromatic rings. The Kier molecular flexibility index (Phi) is 6.16. The van der Waals surface area contributed by atoms with Crippen molar-refractivity contribution >= 4 is 5.78 Å². The third-order valence-corrected chi connectivity index (χ3v) is 4.72. The summed E-state index contributed by atoms with van der Waals surface area (Å²) in [6, 6.07) is 17.3. The molecular weight excluding hydrogens is 384 g/mol. The molecule has 1 saturated heterocycles. The summed E-state index contributed by atoms with van der Waals surface area (Å²) >= 11 is 0. The quantitative estimate of drug-likeness (QED) is 0.660. The van der Waals surface area contributed by atoms with Crippen molar-refractivity contribution in [1.29, 1.82) is 0 Å². The molecular formula is C24H24O6. The molecule has 2 heterocycles. The van der Waals surface area contributed by atoms with Crippen molar-refractivity contribution in [2.75, 3.05) is 19.8 Å². The van der Waals surface area contributed by atoms with E-state index in [0.717, 1.165) is 11.1 Å². The van der Waals surface area contributed by atoms with Gasteiger partial charge in [0.25, 0.3) is 5.79 Å². The van der Waals surface area contributed by atoms with Gasteiger partial charge in [0.05, 0.1) is 13.2 Å². The summed E-state index contributed by atoms with van der Waals surface area (Å²) in [4.78, 5) is 11.2. The average molecular weight is 408 g/mol. The van der Waals surface area contributed by atoms with Crippen molar-refractivity contribution < 1.29 is 28.5 Å². The van der Waals surface area contributed by atoms with Crippen LogP contribution < -0.4 is 4.74 Å². The zero-order chi connectivity index (χ0) is 20.8. The molecule has 0 aliphatic carbocycles. The third kappa shape index (κ3) is 4.90. The minimum atomic E-state index is -1.09. The number of benzene rings is 2. The summed E-state index contributed by atoms with van der Waals surface area (Å²) in [5.41, 5.74) is 2.00. The Bertz CT molecular complexity index is 924. The maximum Gasteiger partial charge on any atom is 0.255 e. The molecule has 0 N–H and O–H groups in total. The highest BCUT2D eigenvalue weighted by molar-refractivity contribution is 5.78. The van der Waals surface area contributed by atoms with E-state index in [1.54, 1.807) is 13.0 Å². The zero-order valence-corrected chi connectivity index (χ0v) is 16.8. The number of rotatable bonds is 8. The maximum absolute atomic E-state index is 11.2. The minimum absolute atomic E-state index is 0.128. The molecule has 0 bridgehead atoms. The van der Waals surface area contributed by atoms with Crippen molar-refractivity contribution in [3.05, 3.63) is 89.6 Å². The number of hydrogen-bond donors (Lipinski definition) is 0. The SMILES string of the molecule is CC(=O)Cc1ccc(OCC2=CC3(OCCO3)C(OCc3ccccc3)=CO2)cc1. The van der Waals surface area contributed by atoms with E-state index in [1.165, 1.54) is 6.26 Å². The van der Waals surface area contributed by atoms with Crippen molar-refractivity contribution in [3.8, 4) is 5.75 Å². The van der Waals surface area contributed by atoms with Gasteiger partial charge in [0.1, 0.15) is 36.8 Å². The summed E-state index contributed by atoms with van der Waals surface area (Å²) in [7, 11) is 0. The Labute approximate surface area is 175 Å². The van der Waals surface area contributed by atoms with E-state index in [1.807, 2.05) is 54.6 Å². The van der Waals surface area contributed by atoms with Crippen LogP contribution in [0.25, 0.3) is 0 Å². The van der Waals surface area contributed by atoms with Crippen LogP contribution in [0.2, 0.25) is 0 Å². The second-order valence-electron chi connectivity index (χ2n) is 7.16. The lowest BCUT2D eigenvalue weighted by Gasteiger charge is -2.30. The zero-order valence-electron chi connectivity index (χ0n) is 16.8. The molecule has 0 atom stereocenters. The molecule has 0 saturated carbocycles. The van der Waals surface area contributed by atoms with Gasteiger partial charge in [0, 0.05) is 12.5 Å².